The Bertz CT molecular complexity index is 406. The van der Waals surface area contributed by atoms with Crippen molar-refractivity contribution in [2.75, 3.05) is 0 Å². The average Bonchev–Trinajstić information content (AvgIpc) is 2.66. The van der Waals surface area contributed by atoms with Crippen molar-refractivity contribution in [3.63, 3.8) is 0 Å². The first-order valence-electron chi connectivity index (χ1n) is 5.30. The zero-order valence-electron chi connectivity index (χ0n) is 10.1. The summed E-state index contributed by atoms with van der Waals surface area (Å²) in [4.78, 5) is 11.0. The molecule has 1 fully saturated rings. The van der Waals surface area contributed by atoms with Crippen LogP contribution in [0.3, 0.4) is 0 Å². The molecule has 86 valence electrons. The highest BCUT2D eigenvalue weighted by Gasteiger charge is 2.60. The Morgan fingerprint density at radius 1 is 1.44 bits per heavy atom. The van der Waals surface area contributed by atoms with Crippen LogP contribution in [0.5, 0.6) is 0 Å². The number of carboxylic acid groups (broad SMARTS) is 1. The Kier molecular flexibility index (Phi) is 3.23. The second kappa shape index (κ2) is 4.13. The lowest BCUT2D eigenvalue weighted by Gasteiger charge is -1.97. The van der Waals surface area contributed by atoms with Gasteiger partial charge in [0.1, 0.15) is 0 Å². The van der Waals surface area contributed by atoms with Crippen molar-refractivity contribution in [3.8, 4) is 6.07 Å². The SMILES string of the molecule is CC(C)=C/C(C#N)=C/C1[C@@H](C(=O)O)C1(C)C. The van der Waals surface area contributed by atoms with Crippen molar-refractivity contribution >= 4 is 5.97 Å². The van der Waals surface area contributed by atoms with Gasteiger partial charge in [0, 0.05) is 5.57 Å². The van der Waals surface area contributed by atoms with E-state index >= 15 is 0 Å². The molecule has 16 heavy (non-hydrogen) atoms. The summed E-state index contributed by atoms with van der Waals surface area (Å²) in [5.74, 6) is -1.17. The first-order chi connectivity index (χ1) is 7.30. The molecule has 0 spiro atoms. The number of carboxylic acids is 1. The molecular formula is C13H17NO2. The number of hydrogen-bond acceptors (Lipinski definition) is 2. The van der Waals surface area contributed by atoms with Crippen molar-refractivity contribution in [1.29, 1.82) is 5.26 Å². The molecule has 0 amide bonds. The van der Waals surface area contributed by atoms with Gasteiger partial charge in [-0.1, -0.05) is 25.5 Å². The molecule has 3 nitrogen and oxygen atoms in total. The second-order valence-corrected chi connectivity index (χ2v) is 5.12. The number of rotatable bonds is 3. The van der Waals surface area contributed by atoms with Gasteiger partial charge in [-0.05, 0) is 31.3 Å². The molecule has 0 aromatic carbocycles. The van der Waals surface area contributed by atoms with Crippen LogP contribution in [0, 0.1) is 28.6 Å². The summed E-state index contributed by atoms with van der Waals surface area (Å²) >= 11 is 0. The molecule has 3 heteroatoms. The van der Waals surface area contributed by atoms with Gasteiger partial charge in [-0.2, -0.15) is 5.26 Å². The van der Waals surface area contributed by atoms with E-state index in [1.54, 1.807) is 12.2 Å². The van der Waals surface area contributed by atoms with Crippen molar-refractivity contribution in [2.24, 2.45) is 17.3 Å². The maximum Gasteiger partial charge on any atom is 0.307 e. The minimum absolute atomic E-state index is 0.0322. The summed E-state index contributed by atoms with van der Waals surface area (Å²) in [6, 6.07) is 2.09. The second-order valence-electron chi connectivity index (χ2n) is 5.12. The molecule has 1 rings (SSSR count). The molecule has 1 N–H and O–H groups in total. The molecule has 1 aliphatic rings. The lowest BCUT2D eigenvalue weighted by Crippen LogP contribution is -2.03. The predicted octanol–water partition coefficient (Wildman–Crippen LogP) is 2.76. The van der Waals surface area contributed by atoms with E-state index in [1.165, 1.54) is 0 Å². The number of hydrogen-bond donors (Lipinski definition) is 1. The first-order valence-corrected chi connectivity index (χ1v) is 5.30. The molecular weight excluding hydrogens is 202 g/mol. The molecule has 1 unspecified atom stereocenters. The maximum absolute atomic E-state index is 11.0. The van der Waals surface area contributed by atoms with Gasteiger partial charge in [0.15, 0.2) is 0 Å². The molecule has 0 aromatic rings. The summed E-state index contributed by atoms with van der Waals surface area (Å²) in [6.45, 7) is 7.67. The Balaban J connectivity index is 2.91. The van der Waals surface area contributed by atoms with E-state index < -0.39 is 5.97 Å². The molecule has 0 aromatic heterocycles. The topological polar surface area (TPSA) is 61.1 Å². The summed E-state index contributed by atoms with van der Waals surface area (Å²) < 4.78 is 0. The van der Waals surface area contributed by atoms with E-state index in [4.69, 9.17) is 10.4 Å². The van der Waals surface area contributed by atoms with Crippen LogP contribution in [-0.2, 0) is 4.79 Å². The van der Waals surface area contributed by atoms with Gasteiger partial charge in [0.25, 0.3) is 0 Å². The third kappa shape index (κ3) is 2.33. The fraction of sp³-hybridized carbons (Fsp3) is 0.538. The van der Waals surface area contributed by atoms with Gasteiger partial charge in [-0.15, -0.1) is 0 Å². The van der Waals surface area contributed by atoms with Crippen LogP contribution in [0.1, 0.15) is 27.7 Å². The van der Waals surface area contributed by atoms with E-state index in [9.17, 15) is 4.79 Å². The monoisotopic (exact) mass is 219 g/mol. The number of nitrogens with zero attached hydrogens (tertiary/aromatic N) is 1. The third-order valence-corrected chi connectivity index (χ3v) is 3.11. The largest absolute Gasteiger partial charge is 0.481 e. The number of carbonyl (C=O) groups is 1. The lowest BCUT2D eigenvalue weighted by atomic mass is 10.1. The van der Waals surface area contributed by atoms with E-state index in [-0.39, 0.29) is 17.3 Å². The standard InChI is InChI=1S/C13H17NO2/c1-8(2)5-9(7-14)6-10-11(12(15)16)13(10,3)4/h5-6,10-11H,1-4H3,(H,15,16)/b9-6-/t10?,11-/m0/s1. The minimum Gasteiger partial charge on any atom is -0.481 e. The number of allylic oxidation sites excluding steroid dienone is 4. The highest BCUT2D eigenvalue weighted by molar-refractivity contribution is 5.76. The zero-order valence-corrected chi connectivity index (χ0v) is 10.1. The minimum atomic E-state index is -0.777. The van der Waals surface area contributed by atoms with Gasteiger partial charge < -0.3 is 5.11 Å². The average molecular weight is 219 g/mol. The predicted molar refractivity (Wildman–Crippen MR) is 61.5 cm³/mol. The molecule has 0 aliphatic heterocycles. The Labute approximate surface area is 96.1 Å². The maximum atomic E-state index is 11.0. The van der Waals surface area contributed by atoms with Gasteiger partial charge in [-0.3, -0.25) is 4.79 Å². The lowest BCUT2D eigenvalue weighted by molar-refractivity contribution is -0.139. The van der Waals surface area contributed by atoms with Crippen LogP contribution < -0.4 is 0 Å². The summed E-state index contributed by atoms with van der Waals surface area (Å²) in [5, 5.41) is 17.9. The van der Waals surface area contributed by atoms with Crippen LogP contribution in [0.25, 0.3) is 0 Å². The summed E-state index contributed by atoms with van der Waals surface area (Å²) in [5.41, 5.74) is 1.36. The van der Waals surface area contributed by atoms with Gasteiger partial charge >= 0.3 is 5.97 Å². The molecule has 1 saturated carbocycles. The molecule has 0 bridgehead atoms. The summed E-state index contributed by atoms with van der Waals surface area (Å²) in [7, 11) is 0. The van der Waals surface area contributed by atoms with Gasteiger partial charge in [0.05, 0.1) is 12.0 Å². The Morgan fingerprint density at radius 2 is 2.00 bits per heavy atom. The Hall–Kier alpha value is -1.56. The van der Waals surface area contributed by atoms with E-state index in [0.717, 1.165) is 5.57 Å². The van der Waals surface area contributed by atoms with Gasteiger partial charge in [0.2, 0.25) is 0 Å². The molecule has 2 atom stereocenters. The van der Waals surface area contributed by atoms with E-state index in [0.29, 0.717) is 5.57 Å². The van der Waals surface area contributed by atoms with E-state index in [2.05, 4.69) is 6.07 Å². The van der Waals surface area contributed by atoms with Crippen LogP contribution in [0.2, 0.25) is 0 Å². The number of nitriles is 1. The normalized spacial score (nSPS) is 26.8. The third-order valence-electron chi connectivity index (χ3n) is 3.11. The fourth-order valence-corrected chi connectivity index (χ4v) is 2.08. The highest BCUT2D eigenvalue weighted by Crippen LogP contribution is 2.59. The zero-order chi connectivity index (χ0) is 12.5. The van der Waals surface area contributed by atoms with Gasteiger partial charge in [-0.25, -0.2) is 0 Å². The smallest absolute Gasteiger partial charge is 0.307 e. The summed E-state index contributed by atoms with van der Waals surface area (Å²) in [6.07, 6.45) is 3.57. The number of aliphatic carboxylic acids is 1. The van der Waals surface area contributed by atoms with Crippen molar-refractivity contribution in [1.82, 2.24) is 0 Å². The van der Waals surface area contributed by atoms with Crippen LogP contribution in [0.4, 0.5) is 0 Å². The molecule has 0 saturated heterocycles. The van der Waals surface area contributed by atoms with Crippen molar-refractivity contribution in [2.45, 2.75) is 27.7 Å². The molecule has 0 heterocycles. The van der Waals surface area contributed by atoms with Crippen LogP contribution >= 0.6 is 0 Å². The van der Waals surface area contributed by atoms with Crippen molar-refractivity contribution < 1.29 is 9.90 Å². The molecule has 1 aliphatic carbocycles. The quantitative estimate of drug-likeness (QED) is 0.586. The fourth-order valence-electron chi connectivity index (χ4n) is 2.08. The van der Waals surface area contributed by atoms with Crippen LogP contribution in [0.15, 0.2) is 23.3 Å². The van der Waals surface area contributed by atoms with Crippen LogP contribution in [-0.4, -0.2) is 11.1 Å². The van der Waals surface area contributed by atoms with Crippen molar-refractivity contribution in [3.05, 3.63) is 23.3 Å². The highest BCUT2D eigenvalue weighted by atomic mass is 16.4. The Morgan fingerprint density at radius 3 is 2.31 bits per heavy atom. The van der Waals surface area contributed by atoms with E-state index in [1.807, 2.05) is 27.7 Å². The molecule has 0 radical (unpaired) electrons. The first kappa shape index (κ1) is 12.5.